The average Bonchev–Trinajstić information content (AvgIpc) is 3.28. The Kier molecular flexibility index (Phi) is 5.50. The molecule has 0 atom stereocenters. The van der Waals surface area contributed by atoms with Gasteiger partial charge in [-0.3, -0.25) is 18.6 Å². The summed E-state index contributed by atoms with van der Waals surface area (Å²) in [7, 11) is 0. The van der Waals surface area contributed by atoms with E-state index in [1.165, 1.54) is 28.4 Å². The molecule has 7 nitrogen and oxygen atoms in total. The van der Waals surface area contributed by atoms with Gasteiger partial charge in [0.15, 0.2) is 5.16 Å². The lowest BCUT2D eigenvalue weighted by Crippen LogP contribution is -2.24. The Morgan fingerprint density at radius 2 is 1.84 bits per heavy atom. The van der Waals surface area contributed by atoms with E-state index in [0.717, 1.165) is 0 Å². The van der Waals surface area contributed by atoms with Crippen LogP contribution in [0.1, 0.15) is 11.5 Å². The van der Waals surface area contributed by atoms with Crippen LogP contribution in [0.4, 0.5) is 0 Å². The van der Waals surface area contributed by atoms with Gasteiger partial charge in [-0.2, -0.15) is 0 Å². The van der Waals surface area contributed by atoms with Crippen molar-refractivity contribution in [3.05, 3.63) is 103 Å². The van der Waals surface area contributed by atoms with Gasteiger partial charge in [0.2, 0.25) is 0 Å². The third-order valence-corrected chi connectivity index (χ3v) is 6.27. The molecule has 0 radical (unpaired) electrons. The van der Waals surface area contributed by atoms with Crippen LogP contribution in [0.5, 0.6) is 0 Å². The summed E-state index contributed by atoms with van der Waals surface area (Å²) in [5.41, 5.74) is 1.11. The predicted octanol–water partition coefficient (Wildman–Crippen LogP) is 4.64. The summed E-state index contributed by atoms with van der Waals surface area (Å²) in [5, 5.41) is 1.88. The molecule has 0 aliphatic heterocycles. The quantitative estimate of drug-likeness (QED) is 0.266. The van der Waals surface area contributed by atoms with E-state index in [0.29, 0.717) is 49.0 Å². The Bertz CT molecular complexity index is 1580. The largest absolute Gasteiger partial charge is 0.467 e. The topological polar surface area (TPSA) is 82.4 Å². The van der Waals surface area contributed by atoms with E-state index in [4.69, 9.17) is 27.6 Å². The molecule has 0 saturated heterocycles. The van der Waals surface area contributed by atoms with Crippen LogP contribution in [0.15, 0.2) is 80.2 Å². The first-order valence-corrected chi connectivity index (χ1v) is 11.3. The summed E-state index contributed by atoms with van der Waals surface area (Å²) in [6.45, 7) is 0.228. The van der Waals surface area contributed by atoms with Crippen LogP contribution in [-0.4, -0.2) is 18.9 Å². The monoisotopic (exact) mass is 484 g/mol. The second-order valence-electron chi connectivity index (χ2n) is 6.98. The Morgan fingerprint density at radius 3 is 2.66 bits per heavy atom. The number of furan rings is 1. The number of pyridine rings is 1. The minimum absolute atomic E-state index is 0.202. The number of benzene rings is 1. The average molecular weight is 485 g/mol. The molecule has 10 heteroatoms. The van der Waals surface area contributed by atoms with E-state index >= 15 is 0 Å². The fourth-order valence-corrected chi connectivity index (χ4v) is 4.54. The first-order chi connectivity index (χ1) is 15.5. The van der Waals surface area contributed by atoms with Gasteiger partial charge in [0.05, 0.1) is 34.4 Å². The summed E-state index contributed by atoms with van der Waals surface area (Å²) in [4.78, 5) is 34.9. The van der Waals surface area contributed by atoms with E-state index < -0.39 is 0 Å². The Labute approximate surface area is 195 Å². The molecule has 32 heavy (non-hydrogen) atoms. The fraction of sp³-hybridized carbons (Fsp3) is 0.0909. The van der Waals surface area contributed by atoms with Gasteiger partial charge < -0.3 is 4.42 Å². The van der Waals surface area contributed by atoms with Gasteiger partial charge in [-0.15, -0.1) is 0 Å². The zero-order valence-electron chi connectivity index (χ0n) is 16.4. The van der Waals surface area contributed by atoms with Crippen molar-refractivity contribution < 1.29 is 4.42 Å². The molecule has 0 bridgehead atoms. The SMILES string of the molecule is O=c1c2ccc(Cl)cc2nc(SCc2cc(=O)n3cc(Cl)ccc3n2)n1Cc1ccco1. The zero-order valence-corrected chi connectivity index (χ0v) is 18.7. The number of rotatable bonds is 5. The molecule has 0 aliphatic carbocycles. The highest BCUT2D eigenvalue weighted by Gasteiger charge is 2.15. The molecule has 4 aromatic heterocycles. The summed E-state index contributed by atoms with van der Waals surface area (Å²) < 4.78 is 8.37. The van der Waals surface area contributed by atoms with Crippen molar-refractivity contribution in [3.8, 4) is 0 Å². The van der Waals surface area contributed by atoms with Crippen molar-refractivity contribution >= 4 is 51.5 Å². The summed E-state index contributed by atoms with van der Waals surface area (Å²) in [6.07, 6.45) is 3.08. The van der Waals surface area contributed by atoms with Gasteiger partial charge >= 0.3 is 0 Å². The lowest BCUT2D eigenvalue weighted by atomic mass is 10.2. The molecule has 160 valence electrons. The minimum atomic E-state index is -0.237. The third kappa shape index (κ3) is 4.04. The van der Waals surface area contributed by atoms with Crippen LogP contribution in [0.3, 0.4) is 0 Å². The number of halogens is 2. The van der Waals surface area contributed by atoms with E-state index in [2.05, 4.69) is 9.97 Å². The lowest BCUT2D eigenvalue weighted by Gasteiger charge is -2.12. The van der Waals surface area contributed by atoms with Crippen LogP contribution < -0.4 is 11.1 Å². The molecule has 5 aromatic rings. The van der Waals surface area contributed by atoms with Crippen molar-refractivity contribution in [1.82, 2.24) is 18.9 Å². The highest BCUT2D eigenvalue weighted by molar-refractivity contribution is 7.98. The van der Waals surface area contributed by atoms with Crippen molar-refractivity contribution in [2.75, 3.05) is 0 Å². The molecule has 0 unspecified atom stereocenters. The summed E-state index contributed by atoms with van der Waals surface area (Å²) in [5.74, 6) is 0.966. The van der Waals surface area contributed by atoms with Gasteiger partial charge in [-0.05, 0) is 42.5 Å². The van der Waals surface area contributed by atoms with Gasteiger partial charge in [-0.1, -0.05) is 35.0 Å². The maximum Gasteiger partial charge on any atom is 0.262 e. The predicted molar refractivity (Wildman–Crippen MR) is 125 cm³/mol. The maximum absolute atomic E-state index is 13.2. The van der Waals surface area contributed by atoms with Crippen LogP contribution in [-0.2, 0) is 12.3 Å². The Hall–Kier alpha value is -3.07. The molecular weight excluding hydrogens is 471 g/mol. The minimum Gasteiger partial charge on any atom is -0.467 e. The molecule has 0 amide bonds. The second-order valence-corrected chi connectivity index (χ2v) is 8.79. The second kappa shape index (κ2) is 8.46. The third-order valence-electron chi connectivity index (χ3n) is 4.80. The summed E-state index contributed by atoms with van der Waals surface area (Å²) >= 11 is 13.4. The highest BCUT2D eigenvalue weighted by atomic mass is 35.5. The van der Waals surface area contributed by atoms with Crippen LogP contribution in [0.25, 0.3) is 16.6 Å². The van der Waals surface area contributed by atoms with Crippen molar-refractivity contribution in [3.63, 3.8) is 0 Å². The smallest absolute Gasteiger partial charge is 0.262 e. The first kappa shape index (κ1) is 20.8. The number of fused-ring (bicyclic) bond motifs is 2. The number of hydrogen-bond acceptors (Lipinski definition) is 6. The number of hydrogen-bond donors (Lipinski definition) is 0. The van der Waals surface area contributed by atoms with Gasteiger partial charge in [0, 0.05) is 23.0 Å². The Balaban J connectivity index is 1.55. The fourth-order valence-electron chi connectivity index (χ4n) is 3.32. The number of thioether (sulfide) groups is 1. The highest BCUT2D eigenvalue weighted by Crippen LogP contribution is 2.24. The first-order valence-electron chi connectivity index (χ1n) is 9.51. The van der Waals surface area contributed by atoms with Crippen LogP contribution in [0, 0.1) is 0 Å². The molecule has 0 aliphatic rings. The molecule has 0 saturated carbocycles. The molecule has 4 heterocycles. The van der Waals surface area contributed by atoms with Crippen molar-refractivity contribution in [2.24, 2.45) is 0 Å². The number of nitrogens with zero attached hydrogens (tertiary/aromatic N) is 4. The van der Waals surface area contributed by atoms with E-state index in [-0.39, 0.29) is 17.7 Å². The van der Waals surface area contributed by atoms with Gasteiger partial charge in [-0.25, -0.2) is 9.97 Å². The lowest BCUT2D eigenvalue weighted by molar-refractivity contribution is 0.476. The van der Waals surface area contributed by atoms with E-state index in [1.54, 1.807) is 53.3 Å². The molecular formula is C22H14Cl2N4O3S. The van der Waals surface area contributed by atoms with E-state index in [9.17, 15) is 9.59 Å². The molecule has 0 fully saturated rings. The Morgan fingerprint density at radius 1 is 1.00 bits per heavy atom. The molecule has 0 N–H and O–H groups in total. The van der Waals surface area contributed by atoms with Crippen LogP contribution in [0.2, 0.25) is 10.0 Å². The van der Waals surface area contributed by atoms with Crippen LogP contribution >= 0.6 is 35.0 Å². The molecule has 5 rings (SSSR count). The molecule has 0 spiro atoms. The van der Waals surface area contributed by atoms with Crippen molar-refractivity contribution in [1.29, 1.82) is 0 Å². The number of aromatic nitrogens is 4. The summed E-state index contributed by atoms with van der Waals surface area (Å²) in [6, 6.07) is 13.3. The maximum atomic E-state index is 13.2. The van der Waals surface area contributed by atoms with Crippen molar-refractivity contribution in [2.45, 2.75) is 17.5 Å². The molecule has 1 aromatic carbocycles. The van der Waals surface area contributed by atoms with E-state index in [1.807, 2.05) is 0 Å². The van der Waals surface area contributed by atoms with Gasteiger partial charge in [0.1, 0.15) is 11.4 Å². The standard InChI is InChI=1S/C22H14Cl2N4O3S/c23-13-3-5-17-18(8-13)26-22(28(21(17)30)11-16-2-1-7-31-16)32-12-15-9-20(29)27-10-14(24)4-6-19(27)25-15/h1-10H,11-12H2. The van der Waals surface area contributed by atoms with Gasteiger partial charge in [0.25, 0.3) is 11.1 Å². The zero-order chi connectivity index (χ0) is 22.2. The normalized spacial score (nSPS) is 11.4.